The van der Waals surface area contributed by atoms with Crippen LogP contribution in [-0.4, -0.2) is 12.3 Å². The first-order chi connectivity index (χ1) is 7.24. The van der Waals surface area contributed by atoms with Crippen molar-refractivity contribution in [1.82, 2.24) is 0 Å². The molecule has 0 heterocycles. The molecule has 0 aromatic heterocycles. The van der Waals surface area contributed by atoms with Crippen molar-refractivity contribution < 1.29 is 4.79 Å². The fourth-order valence-electron chi connectivity index (χ4n) is 2.55. The van der Waals surface area contributed by atoms with E-state index in [4.69, 9.17) is 5.73 Å². The maximum atomic E-state index is 11.9. The number of carbonyl (C=O) groups excluding carboxylic acids is 1. The predicted molar refractivity (Wildman–Crippen MR) is 63.7 cm³/mol. The molecule has 0 aliphatic heterocycles. The van der Waals surface area contributed by atoms with E-state index in [1.807, 2.05) is 0 Å². The third-order valence-electron chi connectivity index (χ3n) is 3.52. The van der Waals surface area contributed by atoms with Gasteiger partial charge in [-0.15, -0.1) is 0 Å². The Kier molecular flexibility index (Phi) is 5.92. The molecule has 0 radical (unpaired) electrons. The van der Waals surface area contributed by atoms with Crippen molar-refractivity contribution in [2.45, 2.75) is 58.3 Å². The third kappa shape index (κ3) is 4.78. The van der Waals surface area contributed by atoms with Crippen LogP contribution in [0.25, 0.3) is 0 Å². The van der Waals surface area contributed by atoms with Gasteiger partial charge in [0.05, 0.1) is 0 Å². The van der Waals surface area contributed by atoms with Gasteiger partial charge in [-0.3, -0.25) is 4.79 Å². The Morgan fingerprint density at radius 3 is 2.73 bits per heavy atom. The molecule has 0 aromatic rings. The monoisotopic (exact) mass is 211 g/mol. The molecule has 2 heteroatoms. The fraction of sp³-hybridized carbons (Fsp3) is 0.923. The molecule has 1 aliphatic rings. The lowest BCUT2D eigenvalue weighted by molar-refractivity contribution is -0.124. The highest BCUT2D eigenvalue weighted by molar-refractivity contribution is 5.81. The molecule has 1 aliphatic carbocycles. The van der Waals surface area contributed by atoms with E-state index < -0.39 is 0 Å². The van der Waals surface area contributed by atoms with Gasteiger partial charge in [-0.05, 0) is 38.1 Å². The van der Waals surface area contributed by atoms with Crippen molar-refractivity contribution in [3.05, 3.63) is 0 Å². The van der Waals surface area contributed by atoms with Gasteiger partial charge >= 0.3 is 0 Å². The summed E-state index contributed by atoms with van der Waals surface area (Å²) >= 11 is 0. The number of hydrogen-bond donors (Lipinski definition) is 1. The summed E-state index contributed by atoms with van der Waals surface area (Å²) in [5.41, 5.74) is 5.42. The molecule has 1 rings (SSSR count). The molecule has 15 heavy (non-hydrogen) atoms. The SMILES string of the molecule is CC1CCCC(C(=O)CCCCCN)C1. The van der Waals surface area contributed by atoms with Crippen LogP contribution in [0.3, 0.4) is 0 Å². The minimum atomic E-state index is 0.381. The lowest BCUT2D eigenvalue weighted by Crippen LogP contribution is -2.21. The number of Topliss-reactive ketones (excluding diaryl/α,β-unsaturated/α-hetero) is 1. The summed E-state index contributed by atoms with van der Waals surface area (Å²) < 4.78 is 0. The van der Waals surface area contributed by atoms with Gasteiger partial charge in [-0.1, -0.05) is 26.2 Å². The molecule has 2 unspecified atom stereocenters. The third-order valence-corrected chi connectivity index (χ3v) is 3.52. The molecular formula is C13H25NO. The van der Waals surface area contributed by atoms with Crippen molar-refractivity contribution in [3.8, 4) is 0 Å². The average molecular weight is 211 g/mol. The zero-order chi connectivity index (χ0) is 11.1. The molecular weight excluding hydrogens is 186 g/mol. The summed E-state index contributed by atoms with van der Waals surface area (Å²) in [6.45, 7) is 3.03. The van der Waals surface area contributed by atoms with Gasteiger partial charge in [0.15, 0.2) is 0 Å². The molecule has 0 aromatic carbocycles. The average Bonchev–Trinajstić information content (AvgIpc) is 2.24. The van der Waals surface area contributed by atoms with Crippen LogP contribution in [0.4, 0.5) is 0 Å². The highest BCUT2D eigenvalue weighted by atomic mass is 16.1. The first-order valence-electron chi connectivity index (χ1n) is 6.46. The van der Waals surface area contributed by atoms with Crippen molar-refractivity contribution >= 4 is 5.78 Å². The first-order valence-corrected chi connectivity index (χ1v) is 6.46. The van der Waals surface area contributed by atoms with Crippen LogP contribution in [0.1, 0.15) is 58.3 Å². The quantitative estimate of drug-likeness (QED) is 0.686. The second kappa shape index (κ2) is 7.00. The molecule has 2 nitrogen and oxygen atoms in total. The van der Waals surface area contributed by atoms with Gasteiger partial charge in [0.1, 0.15) is 5.78 Å². The van der Waals surface area contributed by atoms with E-state index in [2.05, 4.69) is 6.92 Å². The van der Waals surface area contributed by atoms with Crippen LogP contribution in [0.5, 0.6) is 0 Å². The van der Waals surface area contributed by atoms with Crippen LogP contribution in [-0.2, 0) is 4.79 Å². The number of hydrogen-bond acceptors (Lipinski definition) is 2. The van der Waals surface area contributed by atoms with Crippen molar-refractivity contribution in [3.63, 3.8) is 0 Å². The van der Waals surface area contributed by atoms with E-state index >= 15 is 0 Å². The van der Waals surface area contributed by atoms with Gasteiger partial charge in [-0.2, -0.15) is 0 Å². The molecule has 2 atom stereocenters. The van der Waals surface area contributed by atoms with Crippen molar-refractivity contribution in [1.29, 1.82) is 0 Å². The van der Waals surface area contributed by atoms with E-state index in [1.54, 1.807) is 0 Å². The smallest absolute Gasteiger partial charge is 0.135 e. The molecule has 1 fully saturated rings. The summed E-state index contributed by atoms with van der Waals surface area (Å²) in [4.78, 5) is 11.9. The summed E-state index contributed by atoms with van der Waals surface area (Å²) in [5, 5.41) is 0. The van der Waals surface area contributed by atoms with E-state index in [9.17, 15) is 4.79 Å². The summed E-state index contributed by atoms with van der Waals surface area (Å²) in [5.74, 6) is 1.65. The Morgan fingerprint density at radius 2 is 2.07 bits per heavy atom. The zero-order valence-electron chi connectivity index (χ0n) is 10.0. The van der Waals surface area contributed by atoms with Gasteiger partial charge in [-0.25, -0.2) is 0 Å². The van der Waals surface area contributed by atoms with Gasteiger partial charge in [0.25, 0.3) is 0 Å². The molecule has 0 bridgehead atoms. The van der Waals surface area contributed by atoms with E-state index in [1.165, 1.54) is 12.8 Å². The van der Waals surface area contributed by atoms with Crippen molar-refractivity contribution in [2.75, 3.05) is 6.54 Å². The zero-order valence-corrected chi connectivity index (χ0v) is 10.0. The standard InChI is InChI=1S/C13H25NO/c1-11-6-5-7-12(10-11)13(15)8-3-2-4-9-14/h11-12H,2-10,14H2,1H3. The second-order valence-corrected chi connectivity index (χ2v) is 5.03. The second-order valence-electron chi connectivity index (χ2n) is 5.03. The molecule has 0 amide bonds. The van der Waals surface area contributed by atoms with Crippen LogP contribution in [0.15, 0.2) is 0 Å². The number of ketones is 1. The summed E-state index contributed by atoms with van der Waals surface area (Å²) in [6.07, 6.45) is 8.85. The normalized spacial score (nSPS) is 26.5. The lowest BCUT2D eigenvalue weighted by Gasteiger charge is -2.25. The topological polar surface area (TPSA) is 43.1 Å². The Hall–Kier alpha value is -0.370. The fourth-order valence-corrected chi connectivity index (χ4v) is 2.55. The maximum absolute atomic E-state index is 11.9. The van der Waals surface area contributed by atoms with Gasteiger partial charge < -0.3 is 5.73 Å². The largest absolute Gasteiger partial charge is 0.330 e. The van der Waals surface area contributed by atoms with Gasteiger partial charge in [0, 0.05) is 12.3 Å². The van der Waals surface area contributed by atoms with Crippen LogP contribution in [0, 0.1) is 11.8 Å². The van der Waals surface area contributed by atoms with Crippen LogP contribution < -0.4 is 5.73 Å². The number of rotatable bonds is 6. The predicted octanol–water partition coefficient (Wildman–Crippen LogP) is 2.90. The highest BCUT2D eigenvalue weighted by Gasteiger charge is 2.24. The Balaban J connectivity index is 2.15. The number of carbonyl (C=O) groups is 1. The van der Waals surface area contributed by atoms with Crippen molar-refractivity contribution in [2.24, 2.45) is 17.6 Å². The molecule has 1 saturated carbocycles. The first kappa shape index (κ1) is 12.7. The summed E-state index contributed by atoms with van der Waals surface area (Å²) in [7, 11) is 0. The molecule has 0 spiro atoms. The molecule has 0 saturated heterocycles. The van der Waals surface area contributed by atoms with Crippen LogP contribution in [0.2, 0.25) is 0 Å². The number of nitrogens with two attached hydrogens (primary N) is 1. The minimum absolute atomic E-state index is 0.381. The number of unbranched alkanes of at least 4 members (excludes halogenated alkanes) is 2. The highest BCUT2D eigenvalue weighted by Crippen LogP contribution is 2.30. The summed E-state index contributed by atoms with van der Waals surface area (Å²) in [6, 6.07) is 0. The Bertz CT molecular complexity index is 191. The lowest BCUT2D eigenvalue weighted by atomic mass is 9.79. The van der Waals surface area contributed by atoms with E-state index in [-0.39, 0.29) is 0 Å². The van der Waals surface area contributed by atoms with Crippen LogP contribution >= 0.6 is 0 Å². The molecule has 2 N–H and O–H groups in total. The Morgan fingerprint density at radius 1 is 1.27 bits per heavy atom. The van der Waals surface area contributed by atoms with E-state index in [0.29, 0.717) is 11.7 Å². The molecule has 88 valence electrons. The van der Waals surface area contributed by atoms with Gasteiger partial charge in [0.2, 0.25) is 0 Å². The minimum Gasteiger partial charge on any atom is -0.330 e. The maximum Gasteiger partial charge on any atom is 0.135 e. The Labute approximate surface area is 93.6 Å². The van der Waals surface area contributed by atoms with E-state index in [0.717, 1.165) is 51.0 Å².